The maximum absolute atomic E-state index is 12.5. The van der Waals surface area contributed by atoms with Crippen LogP contribution in [0.25, 0.3) is 0 Å². The fourth-order valence-electron chi connectivity index (χ4n) is 3.25. The molecule has 9 heteroatoms. The van der Waals surface area contributed by atoms with E-state index < -0.39 is 24.0 Å². The molecule has 160 valence electrons. The second-order valence-corrected chi connectivity index (χ2v) is 7.44. The van der Waals surface area contributed by atoms with Gasteiger partial charge in [-0.25, -0.2) is 0 Å². The lowest BCUT2D eigenvalue weighted by molar-refractivity contribution is -0.153. The van der Waals surface area contributed by atoms with Crippen LogP contribution in [0.15, 0.2) is 48.5 Å². The molecule has 30 heavy (non-hydrogen) atoms. The highest BCUT2D eigenvalue weighted by Gasteiger charge is 2.34. The molecule has 1 saturated heterocycles. The molecule has 2 aromatic carbocycles. The van der Waals surface area contributed by atoms with Gasteiger partial charge >= 0.3 is 0 Å². The summed E-state index contributed by atoms with van der Waals surface area (Å²) >= 11 is 6.21. The fourth-order valence-corrected chi connectivity index (χ4v) is 3.50. The van der Waals surface area contributed by atoms with Gasteiger partial charge in [-0.2, -0.15) is 0 Å². The highest BCUT2D eigenvalue weighted by molar-refractivity contribution is 6.33. The number of aliphatic hydroxyl groups excluding tert-OH is 2. The van der Waals surface area contributed by atoms with Crippen LogP contribution < -0.4 is 10.2 Å². The number of halogens is 1. The first kappa shape index (κ1) is 21.9. The molecule has 0 bridgehead atoms. The SMILES string of the molecule is O=C(NCc1ccc(O)cc1)[C@H](O)[C@@H](O)C(=O)N1CCN(c2ccccc2Cl)CC1. The van der Waals surface area contributed by atoms with Crippen molar-refractivity contribution in [1.82, 2.24) is 10.2 Å². The zero-order chi connectivity index (χ0) is 21.7. The minimum Gasteiger partial charge on any atom is -0.508 e. The predicted molar refractivity (Wildman–Crippen MR) is 112 cm³/mol. The Balaban J connectivity index is 1.50. The van der Waals surface area contributed by atoms with Gasteiger partial charge in [0.05, 0.1) is 10.7 Å². The number of amides is 2. The van der Waals surface area contributed by atoms with E-state index in [0.717, 1.165) is 5.69 Å². The molecule has 1 heterocycles. The molecule has 4 N–H and O–H groups in total. The Kier molecular flexibility index (Phi) is 7.15. The summed E-state index contributed by atoms with van der Waals surface area (Å²) in [7, 11) is 0. The quantitative estimate of drug-likeness (QED) is 0.534. The van der Waals surface area contributed by atoms with Crippen LogP contribution in [-0.2, 0) is 16.1 Å². The van der Waals surface area contributed by atoms with Crippen LogP contribution in [0.5, 0.6) is 5.75 Å². The second kappa shape index (κ2) is 9.80. The Bertz CT molecular complexity index is 884. The summed E-state index contributed by atoms with van der Waals surface area (Å²) in [6.07, 6.45) is -3.73. The molecule has 1 aliphatic heterocycles. The van der Waals surface area contributed by atoms with Crippen molar-refractivity contribution >= 4 is 29.1 Å². The largest absolute Gasteiger partial charge is 0.508 e. The number of phenols is 1. The molecular formula is C21H24ClN3O5. The first-order valence-corrected chi connectivity index (χ1v) is 9.94. The molecule has 1 aliphatic rings. The molecule has 0 unspecified atom stereocenters. The third kappa shape index (κ3) is 5.21. The minimum atomic E-state index is -1.88. The maximum Gasteiger partial charge on any atom is 0.254 e. The van der Waals surface area contributed by atoms with Crippen molar-refractivity contribution in [2.24, 2.45) is 0 Å². The minimum absolute atomic E-state index is 0.0909. The van der Waals surface area contributed by atoms with Gasteiger partial charge in [-0.15, -0.1) is 0 Å². The molecule has 2 atom stereocenters. The molecule has 2 aromatic rings. The number of piperazine rings is 1. The van der Waals surface area contributed by atoms with E-state index in [1.165, 1.54) is 17.0 Å². The lowest BCUT2D eigenvalue weighted by atomic mass is 10.1. The molecule has 0 aliphatic carbocycles. The monoisotopic (exact) mass is 433 g/mol. The zero-order valence-electron chi connectivity index (χ0n) is 16.2. The highest BCUT2D eigenvalue weighted by Crippen LogP contribution is 2.26. The van der Waals surface area contributed by atoms with E-state index in [0.29, 0.717) is 36.8 Å². The number of benzene rings is 2. The standard InChI is InChI=1S/C21H24ClN3O5/c22-16-3-1-2-4-17(16)24-9-11-25(12-10-24)21(30)19(28)18(27)20(29)23-13-14-5-7-15(26)8-6-14/h1-8,18-19,26-28H,9-13H2,(H,23,29)/t18-,19-/m1/s1. The Morgan fingerprint density at radius 3 is 2.23 bits per heavy atom. The van der Waals surface area contributed by atoms with Crippen LogP contribution >= 0.6 is 11.6 Å². The number of hydrogen-bond acceptors (Lipinski definition) is 6. The van der Waals surface area contributed by atoms with Crippen LogP contribution in [-0.4, -0.2) is 70.4 Å². The number of nitrogens with zero attached hydrogens (tertiary/aromatic N) is 2. The number of carbonyl (C=O) groups excluding carboxylic acids is 2. The van der Waals surface area contributed by atoms with Crippen LogP contribution in [0.2, 0.25) is 5.02 Å². The molecule has 3 rings (SSSR count). The summed E-state index contributed by atoms with van der Waals surface area (Å²) in [6.45, 7) is 1.80. The molecule has 2 amide bonds. The van der Waals surface area contributed by atoms with Crippen LogP contribution in [0.1, 0.15) is 5.56 Å². The van der Waals surface area contributed by atoms with Gasteiger partial charge in [-0.1, -0.05) is 35.9 Å². The predicted octanol–water partition coefficient (Wildman–Crippen LogP) is 0.732. The summed E-state index contributed by atoms with van der Waals surface area (Å²) < 4.78 is 0. The van der Waals surface area contributed by atoms with Crippen molar-refractivity contribution < 1.29 is 24.9 Å². The average Bonchev–Trinajstić information content (AvgIpc) is 2.77. The number of para-hydroxylation sites is 1. The molecule has 0 aromatic heterocycles. The van der Waals surface area contributed by atoms with Gasteiger partial charge in [0.15, 0.2) is 12.2 Å². The molecule has 0 spiro atoms. The number of anilines is 1. The maximum atomic E-state index is 12.5. The summed E-state index contributed by atoms with van der Waals surface area (Å²) in [4.78, 5) is 28.1. The average molecular weight is 434 g/mol. The Morgan fingerprint density at radius 1 is 0.967 bits per heavy atom. The first-order valence-electron chi connectivity index (χ1n) is 9.57. The number of hydrogen-bond donors (Lipinski definition) is 4. The zero-order valence-corrected chi connectivity index (χ0v) is 17.0. The summed E-state index contributed by atoms with van der Waals surface area (Å²) in [5, 5.41) is 32.7. The molecule has 0 radical (unpaired) electrons. The normalized spacial score (nSPS) is 16.1. The van der Waals surface area contributed by atoms with Gasteiger partial charge in [-0.05, 0) is 29.8 Å². The Hall–Kier alpha value is -2.81. The summed E-state index contributed by atoms with van der Waals surface area (Å²) in [5.41, 5.74) is 1.57. The number of aromatic hydroxyl groups is 1. The van der Waals surface area contributed by atoms with Crippen molar-refractivity contribution in [3.8, 4) is 5.75 Å². The molecule has 8 nitrogen and oxygen atoms in total. The van der Waals surface area contributed by atoms with E-state index in [4.69, 9.17) is 11.6 Å². The van der Waals surface area contributed by atoms with Crippen molar-refractivity contribution in [3.63, 3.8) is 0 Å². The van der Waals surface area contributed by atoms with Gasteiger partial charge in [0.2, 0.25) is 0 Å². The fraction of sp³-hybridized carbons (Fsp3) is 0.333. The smallest absolute Gasteiger partial charge is 0.254 e. The van der Waals surface area contributed by atoms with E-state index in [1.54, 1.807) is 18.2 Å². The third-order valence-corrected chi connectivity index (χ3v) is 5.33. The van der Waals surface area contributed by atoms with E-state index >= 15 is 0 Å². The highest BCUT2D eigenvalue weighted by atomic mass is 35.5. The van der Waals surface area contributed by atoms with Crippen molar-refractivity contribution in [3.05, 3.63) is 59.1 Å². The summed E-state index contributed by atoms with van der Waals surface area (Å²) in [5.74, 6) is -1.44. The van der Waals surface area contributed by atoms with Gasteiger partial charge < -0.3 is 30.4 Å². The van der Waals surface area contributed by atoms with Crippen molar-refractivity contribution in [2.75, 3.05) is 31.1 Å². The van der Waals surface area contributed by atoms with E-state index in [9.17, 15) is 24.9 Å². The number of nitrogens with one attached hydrogen (secondary N) is 1. The third-order valence-electron chi connectivity index (χ3n) is 5.01. The molecule has 0 saturated carbocycles. The van der Waals surface area contributed by atoms with Crippen LogP contribution in [0.4, 0.5) is 5.69 Å². The van der Waals surface area contributed by atoms with Gasteiger partial charge in [0, 0.05) is 32.7 Å². The topological polar surface area (TPSA) is 113 Å². The lowest BCUT2D eigenvalue weighted by Crippen LogP contribution is -2.55. The summed E-state index contributed by atoms with van der Waals surface area (Å²) in [6, 6.07) is 13.6. The number of carbonyl (C=O) groups is 2. The second-order valence-electron chi connectivity index (χ2n) is 7.04. The number of phenolic OH excluding ortho intramolecular Hbond substituents is 1. The van der Waals surface area contributed by atoms with Gasteiger partial charge in [0.1, 0.15) is 5.75 Å². The number of aliphatic hydroxyl groups is 2. The Morgan fingerprint density at radius 2 is 1.60 bits per heavy atom. The van der Waals surface area contributed by atoms with Crippen LogP contribution in [0, 0.1) is 0 Å². The van der Waals surface area contributed by atoms with Gasteiger partial charge in [-0.3, -0.25) is 9.59 Å². The van der Waals surface area contributed by atoms with E-state index in [1.807, 2.05) is 23.1 Å². The molecule has 1 fully saturated rings. The number of rotatable bonds is 6. The molecular weight excluding hydrogens is 410 g/mol. The van der Waals surface area contributed by atoms with Gasteiger partial charge in [0.25, 0.3) is 11.8 Å². The van der Waals surface area contributed by atoms with E-state index in [-0.39, 0.29) is 12.3 Å². The van der Waals surface area contributed by atoms with Crippen molar-refractivity contribution in [2.45, 2.75) is 18.8 Å². The van der Waals surface area contributed by atoms with E-state index in [2.05, 4.69) is 5.32 Å². The lowest BCUT2D eigenvalue weighted by Gasteiger charge is -2.37. The van der Waals surface area contributed by atoms with Crippen molar-refractivity contribution in [1.29, 1.82) is 0 Å². The van der Waals surface area contributed by atoms with Crippen LogP contribution in [0.3, 0.4) is 0 Å². The Labute approximate surface area is 179 Å². The first-order chi connectivity index (χ1) is 14.4.